The molecule has 0 spiro atoms. The largest absolute Gasteiger partial charge is 0.416 e. The molecule has 4 heterocycles. The van der Waals surface area contributed by atoms with Crippen molar-refractivity contribution in [2.24, 2.45) is 5.14 Å². The maximum atomic E-state index is 12.7. The number of aryl methyl sites for hydroxylation is 3. The molecule has 0 aliphatic rings. The van der Waals surface area contributed by atoms with Gasteiger partial charge in [0.25, 0.3) is 0 Å². The zero-order valence-electron chi connectivity index (χ0n) is 51.9. The molecule has 0 atom stereocenters. The van der Waals surface area contributed by atoms with Crippen LogP contribution in [0.3, 0.4) is 0 Å². The van der Waals surface area contributed by atoms with Crippen LogP contribution >= 0.6 is 0 Å². The number of imidazole rings is 3. The second kappa shape index (κ2) is 26.4. The number of fused-ring (bicyclic) bond motifs is 4. The van der Waals surface area contributed by atoms with Crippen molar-refractivity contribution >= 4 is 84.1 Å². The third-order valence-electron chi connectivity index (χ3n) is 15.8. The Bertz CT molecular complexity index is 5070. The van der Waals surface area contributed by atoms with E-state index in [4.69, 9.17) is 10.1 Å². The summed E-state index contributed by atoms with van der Waals surface area (Å²) in [6.45, 7) is 10.6. The van der Waals surface area contributed by atoms with Crippen molar-refractivity contribution in [2.75, 3.05) is 0 Å². The molecule has 93 heavy (non-hydrogen) atoms. The van der Waals surface area contributed by atoms with Crippen LogP contribution in [0.2, 0.25) is 0 Å². The summed E-state index contributed by atoms with van der Waals surface area (Å²) >= 11 is 0. The van der Waals surface area contributed by atoms with Crippen molar-refractivity contribution in [3.63, 3.8) is 0 Å². The van der Waals surface area contributed by atoms with Crippen LogP contribution in [0.15, 0.2) is 211 Å². The number of H-pyrrole nitrogens is 3. The predicted octanol–water partition coefficient (Wildman–Crippen LogP) is 17.0. The van der Waals surface area contributed by atoms with E-state index in [2.05, 4.69) is 72.4 Å². The van der Waals surface area contributed by atoms with Crippen LogP contribution in [0.1, 0.15) is 101 Å². The number of nitrogens with one attached hydrogen (secondary N) is 3. The number of Topliss-reactive ketones (excluding diaryl/α,β-unsaturated/α-hetero) is 1. The van der Waals surface area contributed by atoms with E-state index in [0.717, 1.165) is 118 Å². The van der Waals surface area contributed by atoms with Gasteiger partial charge in [0.05, 0.1) is 60.3 Å². The van der Waals surface area contributed by atoms with Gasteiger partial charge in [0.2, 0.25) is 10.0 Å². The van der Waals surface area contributed by atoms with Crippen LogP contribution in [-0.2, 0) is 40.2 Å². The predicted molar refractivity (Wildman–Crippen MR) is 366 cm³/mol. The van der Waals surface area contributed by atoms with Gasteiger partial charge < -0.3 is 25.2 Å². The lowest BCUT2D eigenvalue weighted by atomic mass is 9.89. The summed E-state index contributed by atoms with van der Waals surface area (Å²) < 4.78 is 62.2. The number of halogens is 3. The topological polar surface area (TPSA) is 217 Å². The highest BCUT2D eigenvalue weighted by atomic mass is 32.2. The van der Waals surface area contributed by atoms with Gasteiger partial charge in [-0.25, -0.2) is 28.5 Å². The number of aromatic nitrogens is 7. The standard InChI is InChI=1S/C27H23N3O.C26H24N2O2.C23H20F3N3O2S/c1-27(2,31)22-8-4-3-7-21(22)19-11-13-24-25(17-19)30-26(29-24)14-10-18-9-12-23-20(16-18)6-5-15-28-23;1-17(29)19-11-8-18(9-12-19)10-15-25-27-23-14-13-20(16-24(23)28-25)21-6-4-5-7-22(21)26(2,3)30;1-14-2-9-18(21(12-14)32(27,30)31)16-6-10-19-20(13-16)29-22(28-19)11-5-15-3-7-17(8-4-15)23(24,25)26/h3-17,31H,1-2H3,(H,29,30);4-16,30H,1-3H3,(H,27,28);2-4,6-10,12-13H,5,11H2,1H3,(H,28,29)(H2,27,30,31)/b14-10+;15-10+;. The van der Waals surface area contributed by atoms with Crippen LogP contribution in [0.25, 0.3) is 102 Å². The molecule has 9 aromatic carbocycles. The second-order valence-electron chi connectivity index (χ2n) is 23.9. The number of sulfonamides is 1. The van der Waals surface area contributed by atoms with E-state index in [-0.39, 0.29) is 10.7 Å². The maximum absolute atomic E-state index is 12.7. The molecule has 0 bridgehead atoms. The summed E-state index contributed by atoms with van der Waals surface area (Å²) in [7, 11) is -3.90. The number of hydrogen-bond acceptors (Lipinski definition) is 9. The van der Waals surface area contributed by atoms with Crippen LogP contribution < -0.4 is 5.14 Å². The lowest BCUT2D eigenvalue weighted by molar-refractivity contribution is -0.137. The fourth-order valence-corrected chi connectivity index (χ4v) is 11.9. The lowest BCUT2D eigenvalue weighted by Gasteiger charge is -2.21. The second-order valence-corrected chi connectivity index (χ2v) is 25.4. The molecule has 4 aromatic heterocycles. The summed E-state index contributed by atoms with van der Waals surface area (Å²) in [5, 5.41) is 27.6. The zero-order chi connectivity index (χ0) is 65.8. The van der Waals surface area contributed by atoms with Gasteiger partial charge in [0, 0.05) is 29.1 Å². The molecule has 0 saturated carbocycles. The Morgan fingerprint density at radius 3 is 1.57 bits per heavy atom. The number of carbonyl (C=O) groups is 1. The van der Waals surface area contributed by atoms with Crippen molar-refractivity contribution < 1.29 is 36.6 Å². The van der Waals surface area contributed by atoms with Crippen LogP contribution in [0.4, 0.5) is 13.2 Å². The number of alkyl halides is 3. The summed E-state index contributed by atoms with van der Waals surface area (Å²) in [6.07, 6.45) is 6.42. The van der Waals surface area contributed by atoms with E-state index in [1.54, 1.807) is 52.1 Å². The Labute approximate surface area is 536 Å². The number of pyridine rings is 1. The Kier molecular flexibility index (Phi) is 18.2. The average molecular weight is 1260 g/mol. The molecule has 0 aliphatic carbocycles. The number of aliphatic hydroxyl groups is 2. The van der Waals surface area contributed by atoms with E-state index in [0.29, 0.717) is 40.9 Å². The quantitative estimate of drug-likeness (QED) is 0.0570. The van der Waals surface area contributed by atoms with E-state index in [9.17, 15) is 36.6 Å². The van der Waals surface area contributed by atoms with Crippen molar-refractivity contribution in [3.8, 4) is 33.4 Å². The molecular weight excluding hydrogens is 1190 g/mol. The lowest BCUT2D eigenvalue weighted by Crippen LogP contribution is -2.16. The van der Waals surface area contributed by atoms with Crippen molar-refractivity contribution in [2.45, 2.75) is 76.7 Å². The SMILES string of the molecule is CC(=O)c1ccc(/C=C/c2nc3ccc(-c4ccccc4C(C)(C)O)cc3[nH]2)cc1.CC(C)(O)c1ccccc1-c1ccc2nc(/C=C/c3ccc4ncccc4c3)[nH]c2c1.Cc1ccc(-c2ccc3nc(CCc4ccc(C(F)(F)F)cc4)[nH]c3c2)c(S(N)(=O)=O)c1. The van der Waals surface area contributed by atoms with Gasteiger partial charge in [0.15, 0.2) is 5.78 Å². The number of hydrogen-bond donors (Lipinski definition) is 6. The Hall–Kier alpha value is -10.4. The van der Waals surface area contributed by atoms with E-state index >= 15 is 0 Å². The minimum atomic E-state index is -4.35. The minimum Gasteiger partial charge on any atom is -0.386 e. The highest BCUT2D eigenvalue weighted by Gasteiger charge is 2.30. The average Bonchev–Trinajstić information content (AvgIpc) is 1.80. The van der Waals surface area contributed by atoms with Gasteiger partial charge in [-0.2, -0.15) is 13.2 Å². The fraction of sp³-hybridized carbons (Fsp3) is 0.145. The Morgan fingerprint density at radius 2 is 1.03 bits per heavy atom. The number of nitrogens with two attached hydrogens (primary N) is 1. The van der Waals surface area contributed by atoms with Gasteiger partial charge >= 0.3 is 6.18 Å². The first-order chi connectivity index (χ1) is 44.3. The van der Waals surface area contributed by atoms with E-state index in [1.165, 1.54) is 18.2 Å². The van der Waals surface area contributed by atoms with Crippen LogP contribution in [0.5, 0.6) is 0 Å². The molecule has 0 unspecified atom stereocenters. The van der Waals surface area contributed by atoms with E-state index < -0.39 is 33.0 Å². The molecule has 0 saturated heterocycles. The zero-order valence-corrected chi connectivity index (χ0v) is 52.7. The molecule has 0 radical (unpaired) electrons. The molecular formula is C76H67F3N8O5S. The monoisotopic (exact) mass is 1260 g/mol. The van der Waals surface area contributed by atoms with Gasteiger partial charge in [-0.05, 0) is 194 Å². The molecule has 13 rings (SSSR count). The Morgan fingerprint density at radius 1 is 0.527 bits per heavy atom. The highest BCUT2D eigenvalue weighted by molar-refractivity contribution is 7.89. The molecule has 468 valence electrons. The molecule has 17 heteroatoms. The maximum Gasteiger partial charge on any atom is 0.416 e. The Balaban J connectivity index is 0.000000143. The van der Waals surface area contributed by atoms with Gasteiger partial charge in [-0.3, -0.25) is 9.78 Å². The first kappa shape index (κ1) is 64.1. The number of benzene rings is 9. The van der Waals surface area contributed by atoms with Gasteiger partial charge in [-0.1, -0.05) is 140 Å². The summed E-state index contributed by atoms with van der Waals surface area (Å²) in [5.74, 6) is 2.31. The molecule has 7 N–H and O–H groups in total. The number of rotatable bonds is 14. The number of nitrogens with zero attached hydrogens (tertiary/aromatic N) is 4. The van der Waals surface area contributed by atoms with E-state index in [1.807, 2.05) is 147 Å². The van der Waals surface area contributed by atoms with Crippen molar-refractivity contribution in [1.29, 1.82) is 0 Å². The molecule has 0 aliphatic heterocycles. The number of aromatic amines is 3. The third-order valence-corrected chi connectivity index (χ3v) is 16.8. The van der Waals surface area contributed by atoms with Gasteiger partial charge in [0.1, 0.15) is 17.5 Å². The summed E-state index contributed by atoms with van der Waals surface area (Å²) in [6, 6.07) is 61.3. The number of primary sulfonamides is 1. The first-order valence-corrected chi connectivity index (χ1v) is 31.6. The third kappa shape index (κ3) is 15.5. The van der Waals surface area contributed by atoms with Crippen molar-refractivity contribution in [3.05, 3.63) is 268 Å². The molecule has 0 fully saturated rings. The van der Waals surface area contributed by atoms with Crippen LogP contribution in [-0.4, -0.2) is 59.3 Å². The minimum absolute atomic E-state index is 0.0545. The highest BCUT2D eigenvalue weighted by Crippen LogP contribution is 2.36. The van der Waals surface area contributed by atoms with Crippen LogP contribution in [0, 0.1) is 6.92 Å². The summed E-state index contributed by atoms with van der Waals surface area (Å²) in [5.41, 5.74) is 15.0. The molecule has 0 amide bonds. The normalized spacial score (nSPS) is 12.2. The first-order valence-electron chi connectivity index (χ1n) is 30.0. The van der Waals surface area contributed by atoms with Gasteiger partial charge in [-0.15, -0.1) is 0 Å². The number of carbonyl (C=O) groups excluding carboxylic acids is 1. The van der Waals surface area contributed by atoms with Crippen molar-refractivity contribution in [1.82, 2.24) is 34.9 Å². The molecule has 13 nitrogen and oxygen atoms in total. The molecule has 13 aromatic rings. The number of ketones is 1. The smallest absolute Gasteiger partial charge is 0.386 e. The fourth-order valence-electron chi connectivity index (χ4n) is 11.0. The summed E-state index contributed by atoms with van der Waals surface area (Å²) in [4.78, 5) is 39.6.